The molecule has 6 heteroatoms. The predicted molar refractivity (Wildman–Crippen MR) is 103 cm³/mol. The van der Waals surface area contributed by atoms with Crippen molar-refractivity contribution in [2.45, 2.75) is 26.2 Å². The van der Waals surface area contributed by atoms with Crippen molar-refractivity contribution in [1.29, 1.82) is 5.26 Å². The highest BCUT2D eigenvalue weighted by molar-refractivity contribution is 7.80. The maximum atomic E-state index is 12.0. The van der Waals surface area contributed by atoms with Crippen molar-refractivity contribution in [3.8, 4) is 6.07 Å². The van der Waals surface area contributed by atoms with Crippen molar-refractivity contribution < 1.29 is 4.79 Å². The molecule has 0 saturated heterocycles. The number of hydrogen-bond acceptors (Lipinski definition) is 3. The molecule has 0 aliphatic carbocycles. The first-order chi connectivity index (χ1) is 12.1. The second kappa shape index (κ2) is 9.40. The SMILES string of the molecule is CCCCc1ccc(NC(=S)NNC(=O)c2cccc(C#N)c2)cc1. The largest absolute Gasteiger partial charge is 0.331 e. The highest BCUT2D eigenvalue weighted by atomic mass is 32.1. The molecule has 0 aliphatic heterocycles. The summed E-state index contributed by atoms with van der Waals surface area (Å²) in [6.07, 6.45) is 3.41. The molecule has 128 valence electrons. The van der Waals surface area contributed by atoms with Crippen molar-refractivity contribution in [1.82, 2.24) is 10.9 Å². The smallest absolute Gasteiger partial charge is 0.269 e. The summed E-state index contributed by atoms with van der Waals surface area (Å²) in [6, 6.07) is 16.5. The van der Waals surface area contributed by atoms with Gasteiger partial charge in [0.05, 0.1) is 11.6 Å². The van der Waals surface area contributed by atoms with Crippen LogP contribution in [0.2, 0.25) is 0 Å². The van der Waals surface area contributed by atoms with Crippen LogP contribution >= 0.6 is 12.2 Å². The highest BCUT2D eigenvalue weighted by Crippen LogP contribution is 2.11. The molecule has 0 unspecified atom stereocenters. The summed E-state index contributed by atoms with van der Waals surface area (Å²) < 4.78 is 0. The molecule has 0 heterocycles. The Morgan fingerprint density at radius 2 is 1.92 bits per heavy atom. The van der Waals surface area contributed by atoms with E-state index in [0.29, 0.717) is 11.1 Å². The summed E-state index contributed by atoms with van der Waals surface area (Å²) >= 11 is 5.17. The number of anilines is 1. The van der Waals surface area contributed by atoms with E-state index in [0.717, 1.165) is 12.1 Å². The van der Waals surface area contributed by atoms with Crippen LogP contribution < -0.4 is 16.2 Å². The zero-order valence-corrected chi connectivity index (χ0v) is 14.8. The normalized spacial score (nSPS) is 9.76. The Balaban J connectivity index is 1.83. The van der Waals surface area contributed by atoms with Crippen molar-refractivity contribution >= 4 is 28.9 Å². The Morgan fingerprint density at radius 3 is 2.60 bits per heavy atom. The first kappa shape index (κ1) is 18.4. The molecule has 0 radical (unpaired) electrons. The second-order valence-corrected chi connectivity index (χ2v) is 5.93. The van der Waals surface area contributed by atoms with Crippen molar-refractivity contribution in [2.24, 2.45) is 0 Å². The van der Waals surface area contributed by atoms with Gasteiger partial charge in [0.1, 0.15) is 0 Å². The standard InChI is InChI=1S/C19H20N4OS/c1-2-3-5-14-8-10-17(11-9-14)21-19(25)23-22-18(24)16-7-4-6-15(12-16)13-20/h4,6-12H,2-3,5H2,1H3,(H,22,24)(H2,21,23,25). The number of hydrazine groups is 1. The molecule has 5 nitrogen and oxygen atoms in total. The van der Waals surface area contributed by atoms with Crippen molar-refractivity contribution in [3.63, 3.8) is 0 Å². The maximum absolute atomic E-state index is 12.0. The third-order valence-electron chi connectivity index (χ3n) is 3.57. The molecule has 0 atom stereocenters. The van der Waals surface area contributed by atoms with Crippen LogP contribution in [-0.4, -0.2) is 11.0 Å². The Bertz CT molecular complexity index is 781. The van der Waals surface area contributed by atoms with E-state index in [2.05, 4.69) is 35.2 Å². The number of unbranched alkanes of at least 4 members (excludes halogenated alkanes) is 1. The lowest BCUT2D eigenvalue weighted by Gasteiger charge is -2.12. The third-order valence-corrected chi connectivity index (χ3v) is 3.78. The summed E-state index contributed by atoms with van der Waals surface area (Å²) in [5.74, 6) is -0.365. The molecule has 0 bridgehead atoms. The first-order valence-electron chi connectivity index (χ1n) is 8.09. The van der Waals surface area contributed by atoms with E-state index in [-0.39, 0.29) is 11.0 Å². The summed E-state index contributed by atoms with van der Waals surface area (Å²) in [5, 5.41) is 12.2. The highest BCUT2D eigenvalue weighted by Gasteiger charge is 2.06. The van der Waals surface area contributed by atoms with Gasteiger partial charge >= 0.3 is 0 Å². The van der Waals surface area contributed by atoms with Gasteiger partial charge in [0.25, 0.3) is 5.91 Å². The van der Waals surface area contributed by atoms with Crippen molar-refractivity contribution in [2.75, 3.05) is 5.32 Å². The third kappa shape index (κ3) is 5.90. The van der Waals surface area contributed by atoms with Gasteiger partial charge in [0.2, 0.25) is 0 Å². The van der Waals surface area contributed by atoms with Crippen LogP contribution in [0, 0.1) is 11.3 Å². The van der Waals surface area contributed by atoms with Crippen LogP contribution in [0.5, 0.6) is 0 Å². The summed E-state index contributed by atoms with van der Waals surface area (Å²) in [4.78, 5) is 12.0. The van der Waals surface area contributed by atoms with Crippen LogP contribution in [0.25, 0.3) is 0 Å². The van der Waals surface area contributed by atoms with Gasteiger partial charge in [-0.3, -0.25) is 15.6 Å². The molecule has 0 aliphatic rings. The average molecular weight is 352 g/mol. The fourth-order valence-corrected chi connectivity index (χ4v) is 2.38. The lowest BCUT2D eigenvalue weighted by molar-refractivity contribution is 0.0944. The zero-order valence-electron chi connectivity index (χ0n) is 14.0. The number of nitrogens with zero attached hydrogens (tertiary/aromatic N) is 1. The molecule has 1 amide bonds. The van der Waals surface area contributed by atoms with E-state index in [1.807, 2.05) is 18.2 Å². The number of nitrogens with one attached hydrogen (secondary N) is 3. The summed E-state index contributed by atoms with van der Waals surface area (Å²) in [7, 11) is 0. The number of amides is 1. The number of nitriles is 1. The van der Waals surface area contributed by atoms with E-state index >= 15 is 0 Å². The van der Waals surface area contributed by atoms with Crippen LogP contribution in [0.3, 0.4) is 0 Å². The number of thiocarbonyl (C=S) groups is 1. The lowest BCUT2D eigenvalue weighted by Crippen LogP contribution is -2.43. The zero-order chi connectivity index (χ0) is 18.1. The minimum Gasteiger partial charge on any atom is -0.331 e. The van der Waals surface area contributed by atoms with Crippen LogP contribution in [0.4, 0.5) is 5.69 Å². The Morgan fingerprint density at radius 1 is 1.16 bits per heavy atom. The Labute approximate surface area is 153 Å². The molecule has 0 spiro atoms. The van der Waals surface area contributed by atoms with Gasteiger partial charge in [-0.05, 0) is 61.0 Å². The van der Waals surface area contributed by atoms with Crippen LogP contribution in [-0.2, 0) is 6.42 Å². The molecular formula is C19H20N4OS. The van der Waals surface area contributed by atoms with E-state index in [1.54, 1.807) is 18.2 Å². The monoisotopic (exact) mass is 352 g/mol. The van der Waals surface area contributed by atoms with E-state index in [1.165, 1.54) is 24.5 Å². The number of hydrogen-bond donors (Lipinski definition) is 3. The van der Waals surface area contributed by atoms with Gasteiger partial charge in [0, 0.05) is 11.3 Å². The number of benzene rings is 2. The fourth-order valence-electron chi connectivity index (χ4n) is 2.21. The van der Waals surface area contributed by atoms with Gasteiger partial charge in [-0.25, -0.2) is 0 Å². The van der Waals surface area contributed by atoms with E-state index in [9.17, 15) is 4.79 Å². The maximum Gasteiger partial charge on any atom is 0.269 e. The number of aryl methyl sites for hydroxylation is 1. The number of rotatable bonds is 5. The molecule has 2 aromatic rings. The summed E-state index contributed by atoms with van der Waals surface area (Å²) in [6.45, 7) is 2.17. The Kier molecular flexibility index (Phi) is 6.93. The molecule has 0 saturated carbocycles. The first-order valence-corrected chi connectivity index (χ1v) is 8.49. The van der Waals surface area contributed by atoms with Gasteiger partial charge in [-0.2, -0.15) is 5.26 Å². The van der Waals surface area contributed by atoms with Gasteiger partial charge in [0.15, 0.2) is 5.11 Å². The number of carbonyl (C=O) groups excluding carboxylic acids is 1. The van der Waals surface area contributed by atoms with E-state index < -0.39 is 0 Å². The molecule has 2 rings (SSSR count). The second-order valence-electron chi connectivity index (χ2n) is 5.53. The minimum atomic E-state index is -0.365. The van der Waals surface area contributed by atoms with Gasteiger partial charge < -0.3 is 5.32 Å². The minimum absolute atomic E-state index is 0.283. The van der Waals surface area contributed by atoms with E-state index in [4.69, 9.17) is 17.5 Å². The molecule has 25 heavy (non-hydrogen) atoms. The van der Waals surface area contributed by atoms with Gasteiger partial charge in [-0.1, -0.05) is 31.5 Å². The fraction of sp³-hybridized carbons (Fsp3) is 0.211. The molecule has 0 fully saturated rings. The Hall–Kier alpha value is -2.91. The van der Waals surface area contributed by atoms with Crippen molar-refractivity contribution in [3.05, 3.63) is 65.2 Å². The molecular weight excluding hydrogens is 332 g/mol. The number of carbonyl (C=O) groups is 1. The molecule has 0 aromatic heterocycles. The average Bonchev–Trinajstić information content (AvgIpc) is 2.65. The predicted octanol–water partition coefficient (Wildman–Crippen LogP) is 3.53. The quantitative estimate of drug-likeness (QED) is 0.567. The topological polar surface area (TPSA) is 76.9 Å². The lowest BCUT2D eigenvalue weighted by atomic mass is 10.1. The molecule has 2 aromatic carbocycles. The van der Waals surface area contributed by atoms with Crippen LogP contribution in [0.15, 0.2) is 48.5 Å². The van der Waals surface area contributed by atoms with Crippen LogP contribution in [0.1, 0.15) is 41.3 Å². The summed E-state index contributed by atoms with van der Waals surface area (Å²) in [5.41, 5.74) is 8.11. The molecule has 3 N–H and O–H groups in total. The van der Waals surface area contributed by atoms with Gasteiger partial charge in [-0.15, -0.1) is 0 Å².